The molecule has 0 aromatic heterocycles. The van der Waals surface area contributed by atoms with Gasteiger partial charge in [-0.3, -0.25) is 10.1 Å². The number of nitrogens with one attached hydrogen (secondary N) is 2. The number of ether oxygens (including phenoxy) is 3. The molecule has 2 N–H and O–H groups in total. The summed E-state index contributed by atoms with van der Waals surface area (Å²) in [7, 11) is 0. The summed E-state index contributed by atoms with van der Waals surface area (Å²) in [4.78, 5) is 10.3. The number of nitro groups is 1. The van der Waals surface area contributed by atoms with Gasteiger partial charge in [-0.25, -0.2) is 0 Å². The van der Waals surface area contributed by atoms with Gasteiger partial charge in [0.1, 0.15) is 5.75 Å². The van der Waals surface area contributed by atoms with Crippen LogP contribution in [0.5, 0.6) is 17.2 Å². The normalized spacial score (nSPS) is 12.4. The molecular weight excluding hydrogens is 403 g/mol. The highest BCUT2D eigenvalue weighted by Gasteiger charge is 2.28. The lowest BCUT2D eigenvalue weighted by atomic mass is 10.2. The third kappa shape index (κ3) is 5.13. The molecule has 1 heterocycles. The van der Waals surface area contributed by atoms with Crippen molar-refractivity contribution in [2.45, 2.75) is 6.18 Å². The van der Waals surface area contributed by atoms with Gasteiger partial charge in [-0.2, -0.15) is 13.2 Å². The summed E-state index contributed by atoms with van der Waals surface area (Å²) >= 11 is 5.14. The number of hydrogen-bond donors (Lipinski definition) is 2. The summed E-state index contributed by atoms with van der Waals surface area (Å²) in [6.07, 6.45) is -4.57. The predicted octanol–water partition coefficient (Wildman–Crippen LogP) is 4.07. The molecule has 2 aromatic rings. The van der Waals surface area contributed by atoms with Crippen LogP contribution >= 0.6 is 12.2 Å². The van der Waals surface area contributed by atoms with E-state index in [1.165, 1.54) is 6.07 Å². The summed E-state index contributed by atoms with van der Waals surface area (Å²) in [5.41, 5.74) is 0.193. The van der Waals surface area contributed by atoms with Gasteiger partial charge < -0.3 is 24.8 Å². The Bertz CT molecular complexity index is 923. The summed E-state index contributed by atoms with van der Waals surface area (Å²) in [5, 5.41) is 16.6. The maximum atomic E-state index is 12.3. The largest absolute Gasteiger partial charge is 0.484 e. The van der Waals surface area contributed by atoms with Crippen molar-refractivity contribution >= 4 is 34.4 Å². The van der Waals surface area contributed by atoms with E-state index in [2.05, 4.69) is 15.4 Å². The zero-order chi connectivity index (χ0) is 20.3. The van der Waals surface area contributed by atoms with Crippen LogP contribution in [0.4, 0.5) is 30.2 Å². The fourth-order valence-electron chi connectivity index (χ4n) is 2.28. The molecule has 1 aliphatic rings. The highest BCUT2D eigenvalue weighted by Crippen LogP contribution is 2.34. The Morgan fingerprint density at radius 1 is 1.14 bits per heavy atom. The fourth-order valence-corrected chi connectivity index (χ4v) is 2.51. The van der Waals surface area contributed by atoms with Crippen LogP contribution in [0, 0.1) is 10.1 Å². The van der Waals surface area contributed by atoms with Gasteiger partial charge in [0.15, 0.2) is 23.2 Å². The first-order valence-corrected chi connectivity index (χ1v) is 8.07. The van der Waals surface area contributed by atoms with E-state index in [0.717, 1.165) is 12.1 Å². The number of anilines is 2. The zero-order valence-corrected chi connectivity index (χ0v) is 14.7. The first kappa shape index (κ1) is 19.5. The average Bonchev–Trinajstić information content (AvgIpc) is 3.06. The third-order valence-electron chi connectivity index (χ3n) is 3.39. The van der Waals surface area contributed by atoms with Crippen molar-refractivity contribution < 1.29 is 32.3 Å². The number of benzene rings is 2. The molecular formula is C16H12F3N3O5S. The predicted molar refractivity (Wildman–Crippen MR) is 97.1 cm³/mol. The van der Waals surface area contributed by atoms with E-state index >= 15 is 0 Å². The van der Waals surface area contributed by atoms with Crippen LogP contribution in [0.15, 0.2) is 36.4 Å². The molecule has 0 saturated carbocycles. The SMILES string of the molecule is O=[N+]([O-])c1cc(NC(=S)Nc2ccc3c(c2)OCO3)cc(OCC(F)(F)F)c1. The van der Waals surface area contributed by atoms with Crippen molar-refractivity contribution in [1.82, 2.24) is 0 Å². The number of thiocarbonyl (C=S) groups is 1. The Kier molecular flexibility index (Phi) is 5.40. The van der Waals surface area contributed by atoms with Gasteiger partial charge >= 0.3 is 6.18 Å². The van der Waals surface area contributed by atoms with Gasteiger partial charge in [0.25, 0.3) is 5.69 Å². The van der Waals surface area contributed by atoms with Gasteiger partial charge in [0.2, 0.25) is 6.79 Å². The Morgan fingerprint density at radius 3 is 2.57 bits per heavy atom. The van der Waals surface area contributed by atoms with Crippen LogP contribution in [0.25, 0.3) is 0 Å². The molecule has 28 heavy (non-hydrogen) atoms. The molecule has 0 atom stereocenters. The second-order valence-electron chi connectivity index (χ2n) is 5.52. The monoisotopic (exact) mass is 415 g/mol. The topological polar surface area (TPSA) is 94.9 Å². The van der Waals surface area contributed by atoms with Gasteiger partial charge in [0, 0.05) is 23.9 Å². The molecule has 0 aliphatic carbocycles. The van der Waals surface area contributed by atoms with Crippen LogP contribution in [0.2, 0.25) is 0 Å². The van der Waals surface area contributed by atoms with E-state index < -0.39 is 23.4 Å². The number of rotatable bonds is 5. The lowest BCUT2D eigenvalue weighted by Gasteiger charge is -2.13. The van der Waals surface area contributed by atoms with Crippen molar-refractivity contribution in [3.8, 4) is 17.2 Å². The Labute approximate surface area is 161 Å². The molecule has 0 unspecified atom stereocenters. The van der Waals surface area contributed by atoms with Crippen molar-refractivity contribution in [2.75, 3.05) is 24.0 Å². The maximum absolute atomic E-state index is 12.3. The molecule has 148 valence electrons. The lowest BCUT2D eigenvalue weighted by molar-refractivity contribution is -0.384. The lowest BCUT2D eigenvalue weighted by Crippen LogP contribution is -2.20. The van der Waals surface area contributed by atoms with Crippen LogP contribution in [0.1, 0.15) is 0 Å². The van der Waals surface area contributed by atoms with E-state index in [4.69, 9.17) is 21.7 Å². The minimum Gasteiger partial charge on any atom is -0.484 e. The van der Waals surface area contributed by atoms with Crippen LogP contribution < -0.4 is 24.8 Å². The second kappa shape index (κ2) is 7.76. The van der Waals surface area contributed by atoms with Crippen molar-refractivity contribution in [2.24, 2.45) is 0 Å². The number of nitro benzene ring substituents is 1. The molecule has 0 amide bonds. The Hall–Kier alpha value is -3.28. The van der Waals surface area contributed by atoms with E-state index in [-0.39, 0.29) is 23.3 Å². The summed E-state index contributed by atoms with van der Waals surface area (Å²) in [6, 6.07) is 8.17. The van der Waals surface area contributed by atoms with Crippen LogP contribution in [0.3, 0.4) is 0 Å². The first-order valence-electron chi connectivity index (χ1n) is 7.66. The molecule has 8 nitrogen and oxygen atoms in total. The molecule has 0 bridgehead atoms. The minimum atomic E-state index is -4.57. The smallest absolute Gasteiger partial charge is 0.422 e. The number of fused-ring (bicyclic) bond motifs is 1. The Balaban J connectivity index is 1.72. The van der Waals surface area contributed by atoms with Crippen molar-refractivity contribution in [3.63, 3.8) is 0 Å². The first-order chi connectivity index (χ1) is 13.2. The fraction of sp³-hybridized carbons (Fsp3) is 0.188. The van der Waals surface area contributed by atoms with Crippen molar-refractivity contribution in [1.29, 1.82) is 0 Å². The number of hydrogen-bond acceptors (Lipinski definition) is 6. The van der Waals surface area contributed by atoms with Gasteiger partial charge in [0.05, 0.1) is 16.7 Å². The van der Waals surface area contributed by atoms with E-state index in [9.17, 15) is 23.3 Å². The molecule has 2 aromatic carbocycles. The average molecular weight is 415 g/mol. The van der Waals surface area contributed by atoms with E-state index in [1.807, 2.05) is 0 Å². The zero-order valence-electron chi connectivity index (χ0n) is 13.9. The summed E-state index contributed by atoms with van der Waals surface area (Å²) in [6.45, 7) is -1.47. The molecule has 12 heteroatoms. The van der Waals surface area contributed by atoms with E-state index in [0.29, 0.717) is 17.2 Å². The van der Waals surface area contributed by atoms with Gasteiger partial charge in [-0.1, -0.05) is 0 Å². The second-order valence-corrected chi connectivity index (χ2v) is 5.93. The third-order valence-corrected chi connectivity index (χ3v) is 3.60. The van der Waals surface area contributed by atoms with Crippen LogP contribution in [-0.4, -0.2) is 29.6 Å². The van der Waals surface area contributed by atoms with Gasteiger partial charge in [-0.05, 0) is 24.4 Å². The molecule has 1 aliphatic heterocycles. The van der Waals surface area contributed by atoms with Gasteiger partial charge in [-0.15, -0.1) is 0 Å². The molecule has 0 saturated heterocycles. The minimum absolute atomic E-state index is 0.0566. The maximum Gasteiger partial charge on any atom is 0.422 e. The Morgan fingerprint density at radius 2 is 1.86 bits per heavy atom. The van der Waals surface area contributed by atoms with E-state index in [1.54, 1.807) is 18.2 Å². The number of halogens is 3. The summed E-state index contributed by atoms with van der Waals surface area (Å²) in [5.74, 6) is 0.778. The highest BCUT2D eigenvalue weighted by atomic mass is 32.1. The molecule has 0 radical (unpaired) electrons. The molecule has 0 spiro atoms. The summed E-state index contributed by atoms with van der Waals surface area (Å²) < 4.78 is 52.0. The standard InChI is InChI=1S/C16H12F3N3O5S/c17-16(18,19)7-25-12-4-10(3-11(6-12)22(23)24)21-15(28)20-9-1-2-13-14(5-9)27-8-26-13/h1-6H,7-8H2,(H2,20,21,28). The highest BCUT2D eigenvalue weighted by molar-refractivity contribution is 7.80. The number of nitrogens with zero attached hydrogens (tertiary/aromatic N) is 1. The quantitative estimate of drug-likeness (QED) is 0.429. The molecule has 0 fully saturated rings. The number of alkyl halides is 3. The molecule has 3 rings (SSSR count). The number of non-ortho nitro benzene ring substituents is 1. The van der Waals surface area contributed by atoms with Crippen LogP contribution in [-0.2, 0) is 0 Å². The van der Waals surface area contributed by atoms with Crippen molar-refractivity contribution in [3.05, 3.63) is 46.5 Å².